The van der Waals surface area contributed by atoms with Gasteiger partial charge < -0.3 is 15.7 Å². The van der Waals surface area contributed by atoms with E-state index in [2.05, 4.69) is 42.7 Å². The quantitative estimate of drug-likeness (QED) is 0.711. The Morgan fingerprint density at radius 3 is 2.50 bits per heavy atom. The number of aryl methyl sites for hydroxylation is 3. The highest BCUT2D eigenvalue weighted by Crippen LogP contribution is 2.35. The smallest absolute Gasteiger partial charge is 0.220 e. The van der Waals surface area contributed by atoms with Gasteiger partial charge in [0.05, 0.1) is 6.10 Å². The summed E-state index contributed by atoms with van der Waals surface area (Å²) in [6, 6.07) is 6.69. The van der Waals surface area contributed by atoms with Crippen LogP contribution in [0.15, 0.2) is 18.2 Å². The predicted octanol–water partition coefficient (Wildman–Crippen LogP) is 2.91. The second-order valence-corrected chi connectivity index (χ2v) is 7.98. The highest BCUT2D eigenvalue weighted by molar-refractivity contribution is 5.85. The number of nitrogens with one attached hydrogen (secondary N) is 2. The van der Waals surface area contributed by atoms with E-state index in [-0.39, 0.29) is 30.5 Å². The average Bonchev–Trinajstić information content (AvgIpc) is 2.59. The maximum atomic E-state index is 12.6. The Morgan fingerprint density at radius 1 is 1.19 bits per heavy atom. The van der Waals surface area contributed by atoms with Gasteiger partial charge in [-0.3, -0.25) is 4.79 Å². The number of carbonyl (C=O) groups excluding carboxylic acids is 1. The molecule has 2 aliphatic rings. The lowest BCUT2D eigenvalue weighted by Gasteiger charge is -2.43. The zero-order valence-electron chi connectivity index (χ0n) is 16.0. The van der Waals surface area contributed by atoms with E-state index in [1.54, 1.807) is 0 Å². The van der Waals surface area contributed by atoms with E-state index in [1.807, 2.05) is 0 Å². The van der Waals surface area contributed by atoms with Crippen molar-refractivity contribution in [2.45, 2.75) is 64.5 Å². The van der Waals surface area contributed by atoms with Gasteiger partial charge in [0, 0.05) is 12.5 Å². The topological polar surface area (TPSA) is 61.4 Å². The van der Waals surface area contributed by atoms with Gasteiger partial charge in [-0.1, -0.05) is 18.2 Å². The van der Waals surface area contributed by atoms with Gasteiger partial charge in [0.25, 0.3) is 0 Å². The monoisotopic (exact) mass is 380 g/mol. The molecular weight excluding hydrogens is 348 g/mol. The normalized spacial score (nSPS) is 24.3. The van der Waals surface area contributed by atoms with Crippen LogP contribution < -0.4 is 10.6 Å². The van der Waals surface area contributed by atoms with Gasteiger partial charge in [-0.2, -0.15) is 0 Å². The van der Waals surface area contributed by atoms with Crippen molar-refractivity contribution in [3.05, 3.63) is 34.9 Å². The molecule has 2 fully saturated rings. The van der Waals surface area contributed by atoms with Crippen LogP contribution in [0.3, 0.4) is 0 Å². The molecule has 1 atom stereocenters. The molecule has 3 N–H and O–H groups in total. The van der Waals surface area contributed by atoms with Crippen LogP contribution in [-0.2, 0) is 11.2 Å². The van der Waals surface area contributed by atoms with Crippen molar-refractivity contribution in [3.63, 3.8) is 0 Å². The number of benzene rings is 1. The molecule has 1 aromatic rings. The van der Waals surface area contributed by atoms with Crippen molar-refractivity contribution in [1.29, 1.82) is 0 Å². The number of aliphatic hydroxyl groups is 1. The molecule has 1 heterocycles. The first-order valence-electron chi connectivity index (χ1n) is 9.77. The maximum Gasteiger partial charge on any atom is 0.220 e. The summed E-state index contributed by atoms with van der Waals surface area (Å²) in [5, 5.41) is 16.4. The zero-order valence-corrected chi connectivity index (χ0v) is 16.8. The van der Waals surface area contributed by atoms with Crippen molar-refractivity contribution in [2.24, 2.45) is 11.8 Å². The van der Waals surface area contributed by atoms with Gasteiger partial charge in [0.1, 0.15) is 0 Å². The Balaban J connectivity index is 0.00000243. The van der Waals surface area contributed by atoms with Gasteiger partial charge in [0.15, 0.2) is 0 Å². The molecule has 3 rings (SSSR count). The van der Waals surface area contributed by atoms with Crippen molar-refractivity contribution in [3.8, 4) is 0 Å². The van der Waals surface area contributed by atoms with E-state index in [0.717, 1.165) is 45.2 Å². The Hall–Kier alpha value is -1.10. The molecule has 1 amide bonds. The van der Waals surface area contributed by atoms with E-state index < -0.39 is 0 Å². The van der Waals surface area contributed by atoms with Crippen LogP contribution in [0.4, 0.5) is 0 Å². The largest absolute Gasteiger partial charge is 0.393 e. The highest BCUT2D eigenvalue weighted by Gasteiger charge is 2.38. The molecule has 0 aromatic heterocycles. The summed E-state index contributed by atoms with van der Waals surface area (Å²) >= 11 is 0. The van der Waals surface area contributed by atoms with Crippen LogP contribution in [0.5, 0.6) is 0 Å². The summed E-state index contributed by atoms with van der Waals surface area (Å²) < 4.78 is 0. The first-order valence-corrected chi connectivity index (χ1v) is 9.77. The molecule has 1 aliphatic heterocycles. The van der Waals surface area contributed by atoms with Gasteiger partial charge in [-0.15, -0.1) is 12.4 Å². The summed E-state index contributed by atoms with van der Waals surface area (Å²) in [5.74, 6) is 1.15. The Kier molecular flexibility index (Phi) is 7.93. The van der Waals surface area contributed by atoms with Gasteiger partial charge in [-0.25, -0.2) is 0 Å². The van der Waals surface area contributed by atoms with Crippen molar-refractivity contribution in [2.75, 3.05) is 13.1 Å². The van der Waals surface area contributed by atoms with Crippen LogP contribution in [-0.4, -0.2) is 36.2 Å². The lowest BCUT2D eigenvalue weighted by atomic mass is 9.71. The molecule has 1 saturated carbocycles. The van der Waals surface area contributed by atoms with Crippen LogP contribution in [0.2, 0.25) is 0 Å². The van der Waals surface area contributed by atoms with Crippen LogP contribution in [0.1, 0.15) is 48.8 Å². The Labute approximate surface area is 163 Å². The van der Waals surface area contributed by atoms with Crippen LogP contribution in [0.25, 0.3) is 0 Å². The van der Waals surface area contributed by atoms with E-state index in [4.69, 9.17) is 0 Å². The third kappa shape index (κ3) is 5.45. The van der Waals surface area contributed by atoms with Crippen LogP contribution >= 0.6 is 12.4 Å². The minimum absolute atomic E-state index is 0. The number of rotatable bonds is 6. The lowest BCUT2D eigenvalue weighted by Crippen LogP contribution is -2.52. The summed E-state index contributed by atoms with van der Waals surface area (Å²) in [4.78, 5) is 12.6. The number of aliphatic hydroxyl groups excluding tert-OH is 1. The molecule has 146 valence electrons. The first kappa shape index (κ1) is 21.2. The van der Waals surface area contributed by atoms with Crippen molar-refractivity contribution >= 4 is 18.3 Å². The number of hydrogen-bond donors (Lipinski definition) is 3. The summed E-state index contributed by atoms with van der Waals surface area (Å²) in [6.45, 7) is 6.31. The molecule has 4 nitrogen and oxygen atoms in total. The summed E-state index contributed by atoms with van der Waals surface area (Å²) in [5.41, 5.74) is 3.81. The molecule has 1 unspecified atom stereocenters. The molecular formula is C21H33ClN2O2. The minimum Gasteiger partial charge on any atom is -0.393 e. The number of amides is 1. The lowest BCUT2D eigenvalue weighted by molar-refractivity contribution is -0.123. The molecule has 1 aliphatic carbocycles. The molecule has 5 heteroatoms. The number of piperidine rings is 1. The molecule has 1 saturated heterocycles. The molecule has 0 radical (unpaired) electrons. The fourth-order valence-corrected chi connectivity index (χ4v) is 4.22. The first-order chi connectivity index (χ1) is 12.0. The minimum atomic E-state index is -0.165. The standard InChI is InChI=1S/C21H32N2O2.ClH/c1-14-3-4-16(11-15(14)2)5-6-20(25)23-21(18-12-19(24)13-18)17-7-9-22-10-8-17;/h3-4,11,17-19,21-22,24H,5-10,12-13H2,1-2H3,(H,23,25);1H. The van der Waals surface area contributed by atoms with Crippen molar-refractivity contribution in [1.82, 2.24) is 10.6 Å². The summed E-state index contributed by atoms with van der Waals surface area (Å²) in [6.07, 6.45) is 5.08. The number of carbonyl (C=O) groups is 1. The third-order valence-corrected chi connectivity index (χ3v) is 6.09. The summed E-state index contributed by atoms with van der Waals surface area (Å²) in [7, 11) is 0. The number of halogens is 1. The van der Waals surface area contributed by atoms with E-state index in [0.29, 0.717) is 18.3 Å². The Morgan fingerprint density at radius 2 is 1.88 bits per heavy atom. The van der Waals surface area contributed by atoms with Crippen molar-refractivity contribution < 1.29 is 9.90 Å². The second kappa shape index (κ2) is 9.72. The van der Waals surface area contributed by atoms with Gasteiger partial charge in [-0.05, 0) is 87.6 Å². The van der Waals surface area contributed by atoms with E-state index in [1.165, 1.54) is 16.7 Å². The van der Waals surface area contributed by atoms with E-state index in [9.17, 15) is 9.90 Å². The third-order valence-electron chi connectivity index (χ3n) is 6.09. The fraction of sp³-hybridized carbons (Fsp3) is 0.667. The highest BCUT2D eigenvalue weighted by atomic mass is 35.5. The fourth-order valence-electron chi connectivity index (χ4n) is 4.22. The molecule has 0 spiro atoms. The zero-order chi connectivity index (χ0) is 17.8. The molecule has 26 heavy (non-hydrogen) atoms. The van der Waals surface area contributed by atoms with E-state index >= 15 is 0 Å². The van der Waals surface area contributed by atoms with Crippen LogP contribution in [0, 0.1) is 25.7 Å². The average molecular weight is 381 g/mol. The number of hydrogen-bond acceptors (Lipinski definition) is 3. The Bertz CT molecular complexity index is 596. The molecule has 1 aromatic carbocycles. The van der Waals surface area contributed by atoms with Gasteiger partial charge >= 0.3 is 0 Å². The van der Waals surface area contributed by atoms with Gasteiger partial charge in [0.2, 0.25) is 5.91 Å². The molecule has 0 bridgehead atoms. The second-order valence-electron chi connectivity index (χ2n) is 7.98. The SMILES string of the molecule is Cc1ccc(CCC(=O)NC(C2CCNCC2)C2CC(O)C2)cc1C.Cl. The predicted molar refractivity (Wildman–Crippen MR) is 108 cm³/mol. The maximum absolute atomic E-state index is 12.6.